The zero-order valence-corrected chi connectivity index (χ0v) is 15.6. The summed E-state index contributed by atoms with van der Waals surface area (Å²) in [6, 6.07) is 9.44. The highest BCUT2D eigenvalue weighted by Crippen LogP contribution is 2.20. The number of nitrogens with one attached hydrogen (secondary N) is 1. The number of hydrogen-bond donors (Lipinski definition) is 1. The molecular formula is C16H16ClN3O3S2. The molecule has 0 bridgehead atoms. The Bertz CT molecular complexity index is 934. The van der Waals surface area contributed by atoms with Gasteiger partial charge in [0.05, 0.1) is 10.5 Å². The molecule has 1 aromatic carbocycles. The van der Waals surface area contributed by atoms with E-state index in [1.54, 1.807) is 35.4 Å². The van der Waals surface area contributed by atoms with E-state index in [1.807, 2.05) is 0 Å². The van der Waals surface area contributed by atoms with Crippen molar-refractivity contribution in [2.75, 3.05) is 26.2 Å². The monoisotopic (exact) mass is 397 g/mol. The van der Waals surface area contributed by atoms with Crippen LogP contribution in [0.4, 0.5) is 0 Å². The number of H-pyrrole nitrogens is 1. The van der Waals surface area contributed by atoms with Gasteiger partial charge in [-0.25, -0.2) is 8.42 Å². The van der Waals surface area contributed by atoms with Crippen molar-refractivity contribution < 1.29 is 13.2 Å². The highest BCUT2D eigenvalue weighted by molar-refractivity contribution is 7.89. The van der Waals surface area contributed by atoms with E-state index in [0.29, 0.717) is 28.3 Å². The number of piperazine rings is 1. The zero-order valence-electron chi connectivity index (χ0n) is 13.2. The van der Waals surface area contributed by atoms with Crippen molar-refractivity contribution in [3.8, 4) is 0 Å². The Hall–Kier alpha value is -1.74. The molecule has 0 saturated carbocycles. The molecule has 0 radical (unpaired) electrons. The number of carbonyl (C=O) groups is 1. The highest BCUT2D eigenvalue weighted by atomic mass is 35.5. The SMILES string of the molecule is O=C(c1ccc[nH]c1=S)N1CCN(S(=O)(=O)c2ccc(Cl)cc2)CC1. The molecule has 6 nitrogen and oxygen atoms in total. The fraction of sp³-hybridized carbons (Fsp3) is 0.250. The second-order valence-electron chi connectivity index (χ2n) is 5.56. The number of pyridine rings is 1. The Labute approximate surface area is 156 Å². The van der Waals surface area contributed by atoms with Crippen LogP contribution in [0.25, 0.3) is 0 Å². The number of nitrogens with zero attached hydrogens (tertiary/aromatic N) is 2. The molecule has 25 heavy (non-hydrogen) atoms. The number of aromatic amines is 1. The van der Waals surface area contributed by atoms with Crippen molar-refractivity contribution in [1.82, 2.24) is 14.2 Å². The molecule has 0 unspecified atom stereocenters. The van der Waals surface area contributed by atoms with Crippen LogP contribution >= 0.6 is 23.8 Å². The molecule has 1 aromatic heterocycles. The first kappa shape index (κ1) is 18.1. The van der Waals surface area contributed by atoms with Gasteiger partial charge in [-0.15, -0.1) is 0 Å². The fourth-order valence-corrected chi connectivity index (χ4v) is 4.42. The van der Waals surface area contributed by atoms with Gasteiger partial charge >= 0.3 is 0 Å². The van der Waals surface area contributed by atoms with Gasteiger partial charge in [-0.05, 0) is 36.4 Å². The van der Waals surface area contributed by atoms with Gasteiger partial charge in [-0.2, -0.15) is 4.31 Å². The Morgan fingerprint density at radius 3 is 2.32 bits per heavy atom. The lowest BCUT2D eigenvalue weighted by atomic mass is 10.2. The summed E-state index contributed by atoms with van der Waals surface area (Å²) < 4.78 is 27.1. The number of halogens is 1. The first-order chi connectivity index (χ1) is 11.9. The quantitative estimate of drug-likeness (QED) is 0.808. The molecule has 0 atom stereocenters. The minimum atomic E-state index is -3.59. The molecule has 1 saturated heterocycles. The summed E-state index contributed by atoms with van der Waals surface area (Å²) >= 11 is 10.9. The van der Waals surface area contributed by atoms with Crippen LogP contribution < -0.4 is 0 Å². The van der Waals surface area contributed by atoms with E-state index in [9.17, 15) is 13.2 Å². The maximum absolute atomic E-state index is 12.7. The lowest BCUT2D eigenvalue weighted by Gasteiger charge is -2.34. The standard InChI is InChI=1S/C16H16ClN3O3S2/c17-12-3-5-13(6-4-12)25(22,23)20-10-8-19(9-11-20)16(21)14-2-1-7-18-15(14)24/h1-7H,8-11H2,(H,18,24). The summed E-state index contributed by atoms with van der Waals surface area (Å²) in [6.45, 7) is 1.10. The van der Waals surface area contributed by atoms with Gasteiger partial charge in [0.2, 0.25) is 10.0 Å². The molecule has 1 amide bonds. The maximum atomic E-state index is 12.7. The van der Waals surface area contributed by atoms with Gasteiger partial charge in [0.1, 0.15) is 4.64 Å². The molecule has 1 N–H and O–H groups in total. The smallest absolute Gasteiger partial charge is 0.256 e. The third-order valence-electron chi connectivity index (χ3n) is 4.03. The zero-order chi connectivity index (χ0) is 18.0. The Morgan fingerprint density at radius 2 is 1.72 bits per heavy atom. The summed E-state index contributed by atoms with van der Waals surface area (Å²) in [5.41, 5.74) is 0.423. The van der Waals surface area contributed by atoms with Crippen molar-refractivity contribution >= 4 is 39.7 Å². The predicted octanol–water partition coefficient (Wildman–Crippen LogP) is 2.54. The second kappa shape index (κ2) is 7.25. The molecule has 3 rings (SSSR count). The van der Waals surface area contributed by atoms with Crippen molar-refractivity contribution in [3.63, 3.8) is 0 Å². The minimum Gasteiger partial charge on any atom is -0.352 e. The van der Waals surface area contributed by atoms with Crippen molar-refractivity contribution in [1.29, 1.82) is 0 Å². The molecule has 2 heterocycles. The van der Waals surface area contributed by atoms with Crippen LogP contribution in [0.3, 0.4) is 0 Å². The Kier molecular flexibility index (Phi) is 5.24. The molecule has 0 aliphatic carbocycles. The molecule has 132 valence electrons. The Morgan fingerprint density at radius 1 is 1.08 bits per heavy atom. The number of sulfonamides is 1. The largest absolute Gasteiger partial charge is 0.352 e. The molecule has 0 spiro atoms. The normalized spacial score (nSPS) is 16.0. The molecule has 1 aliphatic heterocycles. The second-order valence-corrected chi connectivity index (χ2v) is 8.35. The summed E-state index contributed by atoms with van der Waals surface area (Å²) in [6.07, 6.45) is 1.66. The molecule has 9 heteroatoms. The topological polar surface area (TPSA) is 73.5 Å². The summed E-state index contributed by atoms with van der Waals surface area (Å²) in [5.74, 6) is -0.189. The lowest BCUT2D eigenvalue weighted by molar-refractivity contribution is 0.0697. The van der Waals surface area contributed by atoms with E-state index in [1.165, 1.54) is 16.4 Å². The first-order valence-electron chi connectivity index (χ1n) is 7.62. The van der Waals surface area contributed by atoms with E-state index in [4.69, 9.17) is 23.8 Å². The van der Waals surface area contributed by atoms with Crippen LogP contribution in [0.1, 0.15) is 10.4 Å². The average Bonchev–Trinajstić information content (AvgIpc) is 2.62. The summed E-state index contributed by atoms with van der Waals surface area (Å²) in [7, 11) is -3.59. The molecule has 1 fully saturated rings. The third kappa shape index (κ3) is 3.77. The fourth-order valence-electron chi connectivity index (χ4n) is 2.65. The average molecular weight is 398 g/mol. The van der Waals surface area contributed by atoms with Crippen LogP contribution in [0.15, 0.2) is 47.5 Å². The van der Waals surface area contributed by atoms with Crippen LogP contribution in [0.5, 0.6) is 0 Å². The van der Waals surface area contributed by atoms with E-state index in [2.05, 4.69) is 4.98 Å². The van der Waals surface area contributed by atoms with Gasteiger partial charge in [-0.1, -0.05) is 23.8 Å². The van der Waals surface area contributed by atoms with Gasteiger partial charge in [-0.3, -0.25) is 4.79 Å². The maximum Gasteiger partial charge on any atom is 0.256 e. The van der Waals surface area contributed by atoms with Crippen LogP contribution in [0, 0.1) is 4.64 Å². The van der Waals surface area contributed by atoms with Gasteiger partial charge in [0.25, 0.3) is 5.91 Å². The van der Waals surface area contributed by atoms with Gasteiger partial charge in [0.15, 0.2) is 0 Å². The van der Waals surface area contributed by atoms with Gasteiger partial charge < -0.3 is 9.88 Å². The number of aromatic nitrogens is 1. The number of benzene rings is 1. The van der Waals surface area contributed by atoms with Crippen molar-refractivity contribution in [2.45, 2.75) is 4.90 Å². The first-order valence-corrected chi connectivity index (χ1v) is 9.85. The molecule has 2 aromatic rings. The van der Waals surface area contributed by atoms with E-state index in [0.717, 1.165) is 0 Å². The number of carbonyl (C=O) groups excluding carboxylic acids is 1. The Balaban J connectivity index is 1.71. The summed E-state index contributed by atoms with van der Waals surface area (Å²) in [4.78, 5) is 17.2. The van der Waals surface area contributed by atoms with Gasteiger partial charge in [0, 0.05) is 37.4 Å². The minimum absolute atomic E-state index is 0.189. The van der Waals surface area contributed by atoms with E-state index < -0.39 is 10.0 Å². The van der Waals surface area contributed by atoms with Crippen LogP contribution in [-0.2, 0) is 10.0 Å². The highest BCUT2D eigenvalue weighted by Gasteiger charge is 2.30. The lowest BCUT2D eigenvalue weighted by Crippen LogP contribution is -2.50. The number of amides is 1. The van der Waals surface area contributed by atoms with Crippen molar-refractivity contribution in [2.24, 2.45) is 0 Å². The van der Waals surface area contributed by atoms with E-state index >= 15 is 0 Å². The van der Waals surface area contributed by atoms with Crippen LogP contribution in [0.2, 0.25) is 5.02 Å². The van der Waals surface area contributed by atoms with E-state index in [-0.39, 0.29) is 23.9 Å². The predicted molar refractivity (Wildman–Crippen MR) is 97.7 cm³/mol. The summed E-state index contributed by atoms with van der Waals surface area (Å²) in [5, 5.41) is 0.480. The van der Waals surface area contributed by atoms with Crippen LogP contribution in [-0.4, -0.2) is 54.7 Å². The number of hydrogen-bond acceptors (Lipinski definition) is 4. The number of rotatable bonds is 3. The molecule has 1 aliphatic rings. The molecular weight excluding hydrogens is 382 g/mol. The third-order valence-corrected chi connectivity index (χ3v) is 6.53. The van der Waals surface area contributed by atoms with Crippen molar-refractivity contribution in [3.05, 3.63) is 57.8 Å².